The van der Waals surface area contributed by atoms with Crippen LogP contribution >= 0.6 is 0 Å². The van der Waals surface area contributed by atoms with Crippen molar-refractivity contribution in [2.24, 2.45) is 0 Å². The summed E-state index contributed by atoms with van der Waals surface area (Å²) < 4.78 is 16.6. The predicted octanol–water partition coefficient (Wildman–Crippen LogP) is 5.08. The lowest BCUT2D eigenvalue weighted by molar-refractivity contribution is -0.132. The van der Waals surface area contributed by atoms with E-state index in [-0.39, 0.29) is 22.8 Å². The molecule has 39 heavy (non-hydrogen) atoms. The first-order chi connectivity index (χ1) is 18.8. The number of carbonyl (C=O) groups is 3. The number of aliphatic hydroxyl groups is 1. The number of ketones is 1. The topological polar surface area (TPSA) is 114 Å². The van der Waals surface area contributed by atoms with Crippen molar-refractivity contribution in [3.8, 4) is 17.2 Å². The molecule has 0 radical (unpaired) electrons. The van der Waals surface area contributed by atoms with E-state index >= 15 is 0 Å². The zero-order valence-electron chi connectivity index (χ0n) is 22.2. The van der Waals surface area contributed by atoms with Crippen LogP contribution in [0.1, 0.15) is 37.9 Å². The third-order valence-electron chi connectivity index (χ3n) is 6.16. The van der Waals surface area contributed by atoms with Crippen molar-refractivity contribution in [2.75, 3.05) is 30.5 Å². The standard InChI is InChI=1S/C30H30N2O7/c1-5-38-23-15-16-24(25(17-23)39-6-2)28(34)26-27(19-7-13-22(37-4)14-8-19)32(30(36)29(26)35)21-11-9-20(10-12-21)31-18(3)33/h7-17,27,34H,5-6H2,1-4H3,(H,31,33)/b28-26-. The molecule has 1 fully saturated rings. The van der Waals surface area contributed by atoms with E-state index in [1.54, 1.807) is 80.8 Å². The van der Waals surface area contributed by atoms with Crippen LogP contribution in [0.5, 0.6) is 17.2 Å². The third kappa shape index (κ3) is 5.57. The van der Waals surface area contributed by atoms with Crippen molar-refractivity contribution in [3.63, 3.8) is 0 Å². The average molecular weight is 531 g/mol. The molecule has 1 saturated heterocycles. The molecule has 4 rings (SSSR count). The Morgan fingerprint density at radius 1 is 0.923 bits per heavy atom. The van der Waals surface area contributed by atoms with E-state index in [2.05, 4.69) is 5.32 Å². The molecule has 0 aromatic heterocycles. The van der Waals surface area contributed by atoms with Gasteiger partial charge < -0.3 is 24.6 Å². The summed E-state index contributed by atoms with van der Waals surface area (Å²) in [6, 6.07) is 17.4. The van der Waals surface area contributed by atoms with Gasteiger partial charge in [0.1, 0.15) is 23.0 Å². The molecule has 0 saturated carbocycles. The Bertz CT molecular complexity index is 1410. The number of amides is 2. The van der Waals surface area contributed by atoms with Crippen LogP contribution < -0.4 is 24.4 Å². The second-order valence-corrected chi connectivity index (χ2v) is 8.69. The monoisotopic (exact) mass is 530 g/mol. The lowest BCUT2D eigenvalue weighted by atomic mass is 9.94. The summed E-state index contributed by atoms with van der Waals surface area (Å²) in [6.07, 6.45) is 0. The molecule has 202 valence electrons. The number of nitrogens with zero attached hydrogens (tertiary/aromatic N) is 1. The number of benzene rings is 3. The summed E-state index contributed by atoms with van der Waals surface area (Å²) in [5.41, 5.74) is 1.73. The SMILES string of the molecule is CCOc1ccc(/C(O)=C2/C(=O)C(=O)N(c3ccc(NC(C)=O)cc3)C2c2ccc(OC)cc2)c(OCC)c1. The number of hydrogen-bond donors (Lipinski definition) is 2. The summed E-state index contributed by atoms with van der Waals surface area (Å²) in [4.78, 5) is 39.7. The second-order valence-electron chi connectivity index (χ2n) is 8.69. The fourth-order valence-corrected chi connectivity index (χ4v) is 4.48. The fraction of sp³-hybridized carbons (Fsp3) is 0.233. The Morgan fingerprint density at radius 2 is 1.56 bits per heavy atom. The number of Topliss-reactive ketones (excluding diaryl/α,β-unsaturated/α-hetero) is 1. The van der Waals surface area contributed by atoms with Crippen LogP contribution in [0.2, 0.25) is 0 Å². The zero-order valence-corrected chi connectivity index (χ0v) is 22.2. The number of hydrogen-bond acceptors (Lipinski definition) is 7. The van der Waals surface area contributed by atoms with E-state index in [0.717, 1.165) is 0 Å². The van der Waals surface area contributed by atoms with Gasteiger partial charge in [0.2, 0.25) is 5.91 Å². The summed E-state index contributed by atoms with van der Waals surface area (Å²) in [6.45, 7) is 5.81. The van der Waals surface area contributed by atoms with Gasteiger partial charge in [-0.05, 0) is 67.9 Å². The zero-order chi connectivity index (χ0) is 28.1. The molecular weight excluding hydrogens is 500 g/mol. The highest BCUT2D eigenvalue weighted by molar-refractivity contribution is 6.51. The maximum atomic E-state index is 13.5. The maximum absolute atomic E-state index is 13.5. The number of methoxy groups -OCH3 is 1. The number of aliphatic hydroxyl groups excluding tert-OH is 1. The van der Waals surface area contributed by atoms with E-state index in [1.807, 2.05) is 6.92 Å². The van der Waals surface area contributed by atoms with Gasteiger partial charge in [-0.25, -0.2) is 0 Å². The Morgan fingerprint density at radius 3 is 2.15 bits per heavy atom. The fourth-order valence-electron chi connectivity index (χ4n) is 4.48. The third-order valence-corrected chi connectivity index (χ3v) is 6.16. The first kappa shape index (κ1) is 27.3. The van der Waals surface area contributed by atoms with Gasteiger partial charge in [-0.3, -0.25) is 19.3 Å². The molecule has 9 nitrogen and oxygen atoms in total. The summed E-state index contributed by atoms with van der Waals surface area (Å²) in [5, 5.41) is 14.2. The first-order valence-electron chi connectivity index (χ1n) is 12.5. The second kappa shape index (κ2) is 11.7. The molecule has 3 aromatic rings. The Labute approximate surface area is 226 Å². The van der Waals surface area contributed by atoms with Crippen LogP contribution in [0, 0.1) is 0 Å². The van der Waals surface area contributed by atoms with Gasteiger partial charge in [-0.1, -0.05) is 12.1 Å². The van der Waals surface area contributed by atoms with Crippen molar-refractivity contribution >= 4 is 34.7 Å². The Kier molecular flexibility index (Phi) is 8.19. The average Bonchev–Trinajstić information content (AvgIpc) is 3.19. The van der Waals surface area contributed by atoms with E-state index in [1.165, 1.54) is 11.8 Å². The van der Waals surface area contributed by atoms with Crippen LogP contribution in [0.15, 0.2) is 72.3 Å². The normalized spacial score (nSPS) is 16.2. The quantitative estimate of drug-likeness (QED) is 0.225. The van der Waals surface area contributed by atoms with Crippen molar-refractivity contribution in [1.29, 1.82) is 0 Å². The van der Waals surface area contributed by atoms with E-state index in [9.17, 15) is 19.5 Å². The molecule has 1 heterocycles. The predicted molar refractivity (Wildman–Crippen MR) is 147 cm³/mol. The summed E-state index contributed by atoms with van der Waals surface area (Å²) in [5.74, 6) is -0.770. The smallest absolute Gasteiger partial charge is 0.300 e. The van der Waals surface area contributed by atoms with Crippen LogP contribution in [-0.2, 0) is 14.4 Å². The van der Waals surface area contributed by atoms with E-state index in [0.29, 0.717) is 47.4 Å². The maximum Gasteiger partial charge on any atom is 0.300 e. The minimum atomic E-state index is -0.941. The lowest BCUT2D eigenvalue weighted by Gasteiger charge is -2.26. The van der Waals surface area contributed by atoms with Gasteiger partial charge in [-0.2, -0.15) is 0 Å². The molecule has 3 aromatic carbocycles. The van der Waals surface area contributed by atoms with E-state index in [4.69, 9.17) is 14.2 Å². The lowest BCUT2D eigenvalue weighted by Crippen LogP contribution is -2.29. The van der Waals surface area contributed by atoms with Gasteiger partial charge in [0.05, 0.1) is 37.5 Å². The van der Waals surface area contributed by atoms with Crippen LogP contribution in [-0.4, -0.2) is 43.0 Å². The molecule has 9 heteroatoms. The molecule has 0 spiro atoms. The van der Waals surface area contributed by atoms with Crippen LogP contribution in [0.25, 0.3) is 5.76 Å². The van der Waals surface area contributed by atoms with Crippen molar-refractivity contribution in [2.45, 2.75) is 26.8 Å². The molecule has 1 aliphatic heterocycles. The molecule has 0 bridgehead atoms. The van der Waals surface area contributed by atoms with Gasteiger partial charge in [0.25, 0.3) is 11.7 Å². The molecule has 1 atom stereocenters. The van der Waals surface area contributed by atoms with E-state index < -0.39 is 17.7 Å². The van der Waals surface area contributed by atoms with Crippen molar-refractivity contribution in [1.82, 2.24) is 0 Å². The molecular formula is C30H30N2O7. The summed E-state index contributed by atoms with van der Waals surface area (Å²) in [7, 11) is 1.54. The number of rotatable bonds is 9. The number of ether oxygens (including phenoxy) is 3. The minimum Gasteiger partial charge on any atom is -0.507 e. The minimum absolute atomic E-state index is 0.0822. The highest BCUT2D eigenvalue weighted by atomic mass is 16.5. The molecule has 2 amide bonds. The first-order valence-corrected chi connectivity index (χ1v) is 12.5. The largest absolute Gasteiger partial charge is 0.507 e. The molecule has 0 aliphatic carbocycles. The van der Waals surface area contributed by atoms with Gasteiger partial charge >= 0.3 is 0 Å². The number of carbonyl (C=O) groups excluding carboxylic acids is 3. The molecule has 2 N–H and O–H groups in total. The highest BCUT2D eigenvalue weighted by Crippen LogP contribution is 2.44. The van der Waals surface area contributed by atoms with Crippen molar-refractivity contribution < 1.29 is 33.7 Å². The Hall–Kier alpha value is -4.79. The van der Waals surface area contributed by atoms with Gasteiger partial charge in [0.15, 0.2) is 0 Å². The summed E-state index contributed by atoms with van der Waals surface area (Å²) >= 11 is 0. The molecule has 1 aliphatic rings. The highest BCUT2D eigenvalue weighted by Gasteiger charge is 2.47. The van der Waals surface area contributed by atoms with Crippen LogP contribution in [0.3, 0.4) is 0 Å². The number of anilines is 2. The van der Waals surface area contributed by atoms with Crippen molar-refractivity contribution in [3.05, 3.63) is 83.4 Å². The van der Waals surface area contributed by atoms with Gasteiger partial charge in [0, 0.05) is 24.4 Å². The number of nitrogens with one attached hydrogen (secondary N) is 1. The van der Waals surface area contributed by atoms with Crippen LogP contribution in [0.4, 0.5) is 11.4 Å². The molecule has 1 unspecified atom stereocenters. The van der Waals surface area contributed by atoms with Gasteiger partial charge in [-0.15, -0.1) is 0 Å². The Balaban J connectivity index is 1.89.